The molecule has 0 bridgehead atoms. The smallest absolute Gasteiger partial charge is 0.264 e. The molecule has 8 heteroatoms. The van der Waals surface area contributed by atoms with Crippen molar-refractivity contribution >= 4 is 27.6 Å². The maximum atomic E-state index is 12.6. The van der Waals surface area contributed by atoms with E-state index in [1.807, 2.05) is 50.2 Å². The van der Waals surface area contributed by atoms with Crippen LogP contribution in [0.25, 0.3) is 0 Å². The molecule has 0 radical (unpaired) electrons. The standard InChI is InChI=1S/C17H19N5O2S/c1-11-9-13(3)15(10-12(11)2)25(23,24)22-17-19-16(20-21-17)18-14-7-5-4-6-8-14/h4-10H,1-3H3,(H3,18,19,20,21,22). The van der Waals surface area contributed by atoms with Crippen LogP contribution >= 0.6 is 0 Å². The SMILES string of the molecule is Cc1cc(C)c(S(=O)(=O)Nc2n[nH]c(Nc3ccccc3)n2)cc1C. The summed E-state index contributed by atoms with van der Waals surface area (Å²) >= 11 is 0. The van der Waals surface area contributed by atoms with E-state index in [9.17, 15) is 8.42 Å². The highest BCUT2D eigenvalue weighted by Crippen LogP contribution is 2.22. The largest absolute Gasteiger partial charge is 0.325 e. The topological polar surface area (TPSA) is 99.8 Å². The number of aromatic nitrogens is 3. The number of nitrogens with zero attached hydrogens (tertiary/aromatic N) is 2. The Kier molecular flexibility index (Phi) is 4.45. The number of nitrogens with one attached hydrogen (secondary N) is 3. The van der Waals surface area contributed by atoms with Crippen LogP contribution in [0.3, 0.4) is 0 Å². The van der Waals surface area contributed by atoms with Gasteiger partial charge in [0.25, 0.3) is 16.0 Å². The Balaban J connectivity index is 1.81. The average Bonchev–Trinajstić information content (AvgIpc) is 2.98. The van der Waals surface area contributed by atoms with Crippen molar-refractivity contribution in [2.75, 3.05) is 10.0 Å². The number of H-pyrrole nitrogens is 1. The van der Waals surface area contributed by atoms with Crippen molar-refractivity contribution in [1.29, 1.82) is 0 Å². The van der Waals surface area contributed by atoms with Crippen LogP contribution in [0.5, 0.6) is 0 Å². The number of hydrogen-bond acceptors (Lipinski definition) is 5. The zero-order valence-electron chi connectivity index (χ0n) is 14.2. The summed E-state index contributed by atoms with van der Waals surface area (Å²) in [4.78, 5) is 4.34. The Labute approximate surface area is 146 Å². The number of sulfonamides is 1. The van der Waals surface area contributed by atoms with E-state index in [1.54, 1.807) is 13.0 Å². The zero-order valence-corrected chi connectivity index (χ0v) is 15.0. The minimum absolute atomic E-state index is 0.0175. The van der Waals surface area contributed by atoms with Gasteiger partial charge in [-0.2, -0.15) is 4.98 Å². The number of para-hydroxylation sites is 1. The summed E-state index contributed by atoms with van der Waals surface area (Å²) in [6, 6.07) is 12.9. The monoisotopic (exact) mass is 357 g/mol. The van der Waals surface area contributed by atoms with E-state index in [-0.39, 0.29) is 10.8 Å². The van der Waals surface area contributed by atoms with Crippen molar-refractivity contribution in [2.24, 2.45) is 0 Å². The van der Waals surface area contributed by atoms with Crippen LogP contribution in [-0.2, 0) is 10.0 Å². The molecule has 3 aromatic rings. The van der Waals surface area contributed by atoms with Gasteiger partial charge < -0.3 is 5.32 Å². The van der Waals surface area contributed by atoms with Gasteiger partial charge in [0, 0.05) is 5.69 Å². The summed E-state index contributed by atoms with van der Waals surface area (Å²) in [5, 5.41) is 9.58. The molecule has 130 valence electrons. The molecule has 0 spiro atoms. The van der Waals surface area contributed by atoms with Crippen molar-refractivity contribution < 1.29 is 8.42 Å². The molecular formula is C17H19N5O2S. The van der Waals surface area contributed by atoms with E-state index in [0.29, 0.717) is 11.5 Å². The second kappa shape index (κ2) is 6.56. The second-order valence-corrected chi connectivity index (χ2v) is 7.46. The highest BCUT2D eigenvalue weighted by Gasteiger charge is 2.20. The molecule has 3 rings (SSSR count). The molecule has 0 amide bonds. The lowest BCUT2D eigenvalue weighted by Crippen LogP contribution is -2.15. The maximum absolute atomic E-state index is 12.6. The van der Waals surface area contributed by atoms with Crippen LogP contribution in [0.4, 0.5) is 17.6 Å². The molecule has 0 atom stereocenters. The van der Waals surface area contributed by atoms with Crippen LogP contribution in [0.2, 0.25) is 0 Å². The van der Waals surface area contributed by atoms with Crippen LogP contribution in [-0.4, -0.2) is 23.6 Å². The molecule has 0 saturated heterocycles. The van der Waals surface area contributed by atoms with Crippen LogP contribution in [0.1, 0.15) is 16.7 Å². The maximum Gasteiger partial charge on any atom is 0.264 e. The molecule has 0 unspecified atom stereocenters. The lowest BCUT2D eigenvalue weighted by Gasteiger charge is -2.10. The number of benzene rings is 2. The van der Waals surface area contributed by atoms with Gasteiger partial charge in [-0.05, 0) is 55.7 Å². The fourth-order valence-corrected chi connectivity index (χ4v) is 3.68. The fraction of sp³-hybridized carbons (Fsp3) is 0.176. The van der Waals surface area contributed by atoms with Gasteiger partial charge in [-0.1, -0.05) is 24.3 Å². The van der Waals surface area contributed by atoms with Gasteiger partial charge in [0.2, 0.25) is 5.95 Å². The molecule has 3 N–H and O–H groups in total. The summed E-state index contributed by atoms with van der Waals surface area (Å²) in [5.41, 5.74) is 3.45. The fourth-order valence-electron chi connectivity index (χ4n) is 2.42. The number of hydrogen-bond donors (Lipinski definition) is 3. The lowest BCUT2D eigenvalue weighted by atomic mass is 10.1. The number of anilines is 3. The van der Waals surface area contributed by atoms with Crippen molar-refractivity contribution in [1.82, 2.24) is 15.2 Å². The van der Waals surface area contributed by atoms with E-state index in [1.165, 1.54) is 0 Å². The lowest BCUT2D eigenvalue weighted by molar-refractivity contribution is 0.600. The third-order valence-electron chi connectivity index (χ3n) is 3.83. The minimum atomic E-state index is -3.77. The Bertz CT molecular complexity index is 997. The molecule has 0 fully saturated rings. The predicted octanol–water partition coefficient (Wildman–Crippen LogP) is 3.27. The van der Waals surface area contributed by atoms with Gasteiger partial charge >= 0.3 is 0 Å². The van der Waals surface area contributed by atoms with E-state index < -0.39 is 10.0 Å². The van der Waals surface area contributed by atoms with E-state index in [4.69, 9.17) is 0 Å². The normalized spacial score (nSPS) is 11.3. The average molecular weight is 357 g/mol. The van der Waals surface area contributed by atoms with Crippen LogP contribution in [0, 0.1) is 20.8 Å². The third-order valence-corrected chi connectivity index (χ3v) is 5.30. The molecular weight excluding hydrogens is 338 g/mol. The highest BCUT2D eigenvalue weighted by molar-refractivity contribution is 7.92. The first kappa shape index (κ1) is 17.0. The molecule has 2 aromatic carbocycles. The van der Waals surface area contributed by atoms with Gasteiger partial charge in [0.15, 0.2) is 0 Å². The first-order chi connectivity index (χ1) is 11.8. The highest BCUT2D eigenvalue weighted by atomic mass is 32.2. The summed E-state index contributed by atoms with van der Waals surface area (Å²) in [5.74, 6) is 0.330. The molecule has 25 heavy (non-hydrogen) atoms. The first-order valence-corrected chi connectivity index (χ1v) is 9.18. The molecule has 1 aromatic heterocycles. The van der Waals surface area contributed by atoms with Gasteiger partial charge in [0.1, 0.15) is 0 Å². The van der Waals surface area contributed by atoms with Crippen LogP contribution in [0.15, 0.2) is 47.4 Å². The van der Waals surface area contributed by atoms with Gasteiger partial charge in [-0.3, -0.25) is 0 Å². The third kappa shape index (κ3) is 3.80. The number of aromatic amines is 1. The summed E-state index contributed by atoms with van der Waals surface area (Å²) in [6.45, 7) is 5.59. The van der Waals surface area contributed by atoms with Crippen LogP contribution < -0.4 is 10.0 Å². The summed E-state index contributed by atoms with van der Waals surface area (Å²) in [6.07, 6.45) is 0. The quantitative estimate of drug-likeness (QED) is 0.651. The number of aryl methyl sites for hydroxylation is 3. The molecule has 0 saturated carbocycles. The second-order valence-electron chi connectivity index (χ2n) is 5.81. The molecule has 0 aliphatic heterocycles. The predicted molar refractivity (Wildman–Crippen MR) is 97.6 cm³/mol. The Hall–Kier alpha value is -2.87. The van der Waals surface area contributed by atoms with E-state index in [0.717, 1.165) is 16.8 Å². The molecule has 1 heterocycles. The van der Waals surface area contributed by atoms with Crippen molar-refractivity contribution in [3.05, 3.63) is 59.2 Å². The van der Waals surface area contributed by atoms with Gasteiger partial charge in [-0.25, -0.2) is 18.2 Å². The van der Waals surface area contributed by atoms with Crippen molar-refractivity contribution in [2.45, 2.75) is 25.7 Å². The Morgan fingerprint density at radius 3 is 2.36 bits per heavy atom. The van der Waals surface area contributed by atoms with Gasteiger partial charge in [0.05, 0.1) is 4.90 Å². The first-order valence-electron chi connectivity index (χ1n) is 7.70. The minimum Gasteiger partial charge on any atom is -0.325 e. The Morgan fingerprint density at radius 2 is 1.64 bits per heavy atom. The number of rotatable bonds is 5. The van der Waals surface area contributed by atoms with Crippen molar-refractivity contribution in [3.63, 3.8) is 0 Å². The molecule has 0 aliphatic carbocycles. The summed E-state index contributed by atoms with van der Waals surface area (Å²) in [7, 11) is -3.77. The van der Waals surface area contributed by atoms with E-state index >= 15 is 0 Å². The van der Waals surface area contributed by atoms with E-state index in [2.05, 4.69) is 25.2 Å². The molecule has 0 aliphatic rings. The Morgan fingerprint density at radius 1 is 0.960 bits per heavy atom. The molecule has 7 nitrogen and oxygen atoms in total. The summed E-state index contributed by atoms with van der Waals surface area (Å²) < 4.78 is 27.7. The zero-order chi connectivity index (χ0) is 18.0. The van der Waals surface area contributed by atoms with Crippen molar-refractivity contribution in [3.8, 4) is 0 Å². The van der Waals surface area contributed by atoms with Gasteiger partial charge in [-0.15, -0.1) is 5.10 Å².